The van der Waals surface area contributed by atoms with Gasteiger partial charge in [0.05, 0.1) is 22.4 Å². The highest BCUT2D eigenvalue weighted by molar-refractivity contribution is 5.95. The first-order chi connectivity index (χ1) is 13.4. The van der Waals surface area contributed by atoms with Crippen molar-refractivity contribution in [2.45, 2.75) is 13.8 Å². The van der Waals surface area contributed by atoms with Crippen molar-refractivity contribution in [3.05, 3.63) is 93.0 Å². The Bertz CT molecular complexity index is 1090. The SMILES string of the molecule is Cc1cc(/C=N\NC(=O)c2ccccc2F)c(C)n1-c1cccc([N+](=O)[O-])c1. The minimum absolute atomic E-state index is 0.00244. The van der Waals surface area contributed by atoms with Gasteiger partial charge in [-0.2, -0.15) is 5.10 Å². The number of benzene rings is 2. The van der Waals surface area contributed by atoms with Crippen molar-refractivity contribution < 1.29 is 14.1 Å². The number of hydrogen-bond acceptors (Lipinski definition) is 4. The van der Waals surface area contributed by atoms with Gasteiger partial charge in [0.25, 0.3) is 11.6 Å². The second-order valence-corrected chi connectivity index (χ2v) is 6.12. The molecule has 3 rings (SSSR count). The van der Waals surface area contributed by atoms with Gasteiger partial charge in [-0.15, -0.1) is 0 Å². The monoisotopic (exact) mass is 380 g/mol. The van der Waals surface area contributed by atoms with E-state index in [9.17, 15) is 19.3 Å². The molecule has 0 unspecified atom stereocenters. The molecule has 142 valence electrons. The van der Waals surface area contributed by atoms with Gasteiger partial charge in [-0.3, -0.25) is 14.9 Å². The van der Waals surface area contributed by atoms with Gasteiger partial charge in [0.15, 0.2) is 0 Å². The smallest absolute Gasteiger partial charge is 0.274 e. The predicted octanol–water partition coefficient (Wildman–Crippen LogP) is 3.91. The summed E-state index contributed by atoms with van der Waals surface area (Å²) in [4.78, 5) is 22.6. The molecule has 2 aromatic carbocycles. The van der Waals surface area contributed by atoms with E-state index >= 15 is 0 Å². The van der Waals surface area contributed by atoms with Crippen molar-refractivity contribution in [1.82, 2.24) is 9.99 Å². The average molecular weight is 380 g/mol. The van der Waals surface area contributed by atoms with E-state index < -0.39 is 16.6 Å². The van der Waals surface area contributed by atoms with Gasteiger partial charge in [0.2, 0.25) is 0 Å². The summed E-state index contributed by atoms with van der Waals surface area (Å²) >= 11 is 0. The Balaban J connectivity index is 1.83. The van der Waals surface area contributed by atoms with E-state index in [4.69, 9.17) is 0 Å². The largest absolute Gasteiger partial charge is 0.318 e. The predicted molar refractivity (Wildman–Crippen MR) is 103 cm³/mol. The molecule has 0 saturated carbocycles. The molecule has 0 aliphatic heterocycles. The van der Waals surface area contributed by atoms with Crippen molar-refractivity contribution in [2.24, 2.45) is 5.10 Å². The van der Waals surface area contributed by atoms with Gasteiger partial charge in [0, 0.05) is 29.1 Å². The van der Waals surface area contributed by atoms with E-state index in [1.807, 2.05) is 24.5 Å². The van der Waals surface area contributed by atoms with Crippen molar-refractivity contribution in [3.8, 4) is 5.69 Å². The number of aryl methyl sites for hydroxylation is 1. The Labute approximate surface area is 160 Å². The molecule has 0 bridgehead atoms. The summed E-state index contributed by atoms with van der Waals surface area (Å²) in [6.07, 6.45) is 1.45. The maximum atomic E-state index is 13.6. The fourth-order valence-electron chi connectivity index (χ4n) is 2.93. The van der Waals surface area contributed by atoms with Crippen LogP contribution in [0.4, 0.5) is 10.1 Å². The third kappa shape index (κ3) is 3.80. The van der Waals surface area contributed by atoms with Gasteiger partial charge in [0.1, 0.15) is 5.82 Å². The lowest BCUT2D eigenvalue weighted by Gasteiger charge is -2.09. The van der Waals surface area contributed by atoms with Gasteiger partial charge in [-0.1, -0.05) is 18.2 Å². The molecule has 3 aromatic rings. The highest BCUT2D eigenvalue weighted by atomic mass is 19.1. The molecule has 1 aromatic heterocycles. The molecule has 8 heteroatoms. The molecule has 0 aliphatic rings. The Morgan fingerprint density at radius 1 is 1.18 bits per heavy atom. The van der Waals surface area contributed by atoms with E-state index in [2.05, 4.69) is 10.5 Å². The van der Waals surface area contributed by atoms with Crippen LogP contribution in [0.15, 0.2) is 59.7 Å². The Hall–Kier alpha value is -3.81. The zero-order chi connectivity index (χ0) is 20.3. The van der Waals surface area contributed by atoms with Crippen LogP contribution in [0.1, 0.15) is 27.3 Å². The number of carbonyl (C=O) groups excluding carboxylic acids is 1. The average Bonchev–Trinajstić information content (AvgIpc) is 2.95. The summed E-state index contributed by atoms with van der Waals surface area (Å²) in [5.41, 5.74) is 5.21. The number of hydrazone groups is 1. The molecule has 1 amide bonds. The Kier molecular flexibility index (Phi) is 5.30. The van der Waals surface area contributed by atoms with Crippen molar-refractivity contribution in [2.75, 3.05) is 0 Å². The van der Waals surface area contributed by atoms with Crippen LogP contribution in [-0.4, -0.2) is 21.6 Å². The maximum absolute atomic E-state index is 13.6. The molecule has 0 saturated heterocycles. The number of nitrogens with zero attached hydrogens (tertiary/aromatic N) is 3. The quantitative estimate of drug-likeness (QED) is 0.413. The van der Waals surface area contributed by atoms with E-state index in [1.54, 1.807) is 18.2 Å². The van der Waals surface area contributed by atoms with Crippen LogP contribution in [-0.2, 0) is 0 Å². The number of carbonyl (C=O) groups is 1. The van der Waals surface area contributed by atoms with E-state index in [1.165, 1.54) is 36.5 Å². The van der Waals surface area contributed by atoms with Crippen LogP contribution in [0, 0.1) is 29.8 Å². The molecule has 1 heterocycles. The zero-order valence-electron chi connectivity index (χ0n) is 15.2. The molecule has 0 atom stereocenters. The van der Waals surface area contributed by atoms with Gasteiger partial charge >= 0.3 is 0 Å². The lowest BCUT2D eigenvalue weighted by atomic mass is 10.2. The summed E-state index contributed by atoms with van der Waals surface area (Å²) in [7, 11) is 0. The van der Waals surface area contributed by atoms with Crippen LogP contribution < -0.4 is 5.43 Å². The highest BCUT2D eigenvalue weighted by Crippen LogP contribution is 2.23. The summed E-state index contributed by atoms with van der Waals surface area (Å²) < 4.78 is 15.5. The Morgan fingerprint density at radius 2 is 1.93 bits per heavy atom. The van der Waals surface area contributed by atoms with Crippen molar-refractivity contribution in [3.63, 3.8) is 0 Å². The van der Waals surface area contributed by atoms with Gasteiger partial charge in [-0.25, -0.2) is 9.82 Å². The third-order valence-electron chi connectivity index (χ3n) is 4.26. The zero-order valence-corrected chi connectivity index (χ0v) is 15.2. The second kappa shape index (κ2) is 7.83. The van der Waals surface area contributed by atoms with E-state index in [0.717, 1.165) is 17.0 Å². The lowest BCUT2D eigenvalue weighted by molar-refractivity contribution is -0.384. The molecule has 7 nitrogen and oxygen atoms in total. The topological polar surface area (TPSA) is 89.5 Å². The number of amides is 1. The molecule has 0 fully saturated rings. The van der Waals surface area contributed by atoms with E-state index in [-0.39, 0.29) is 11.3 Å². The van der Waals surface area contributed by atoms with Crippen LogP contribution in [0.3, 0.4) is 0 Å². The summed E-state index contributed by atoms with van der Waals surface area (Å²) in [5.74, 6) is -1.28. The number of nitro benzene ring substituents is 1. The fourth-order valence-corrected chi connectivity index (χ4v) is 2.93. The van der Waals surface area contributed by atoms with Crippen LogP contribution in [0.5, 0.6) is 0 Å². The molecule has 0 radical (unpaired) electrons. The maximum Gasteiger partial charge on any atom is 0.274 e. The van der Waals surface area contributed by atoms with Gasteiger partial charge in [-0.05, 0) is 38.1 Å². The highest BCUT2D eigenvalue weighted by Gasteiger charge is 2.13. The molecule has 0 aliphatic carbocycles. The van der Waals surface area contributed by atoms with E-state index in [0.29, 0.717) is 5.69 Å². The normalized spacial score (nSPS) is 11.0. The Morgan fingerprint density at radius 3 is 2.64 bits per heavy atom. The molecular formula is C20H17FN4O3. The standard InChI is InChI=1S/C20H17FN4O3/c1-13-10-15(12-22-23-20(26)18-8-3-4-9-19(18)21)14(2)24(13)16-6-5-7-17(11-16)25(27)28/h3-12H,1-2H3,(H,23,26)/b22-12-. The summed E-state index contributed by atoms with van der Waals surface area (Å²) in [6, 6.07) is 13.8. The first-order valence-electron chi connectivity index (χ1n) is 8.40. The minimum atomic E-state index is -0.651. The van der Waals surface area contributed by atoms with Crippen LogP contribution in [0.2, 0.25) is 0 Å². The van der Waals surface area contributed by atoms with Crippen LogP contribution in [0.25, 0.3) is 5.69 Å². The number of rotatable bonds is 5. The second-order valence-electron chi connectivity index (χ2n) is 6.12. The van der Waals surface area contributed by atoms with Crippen molar-refractivity contribution in [1.29, 1.82) is 0 Å². The molecular weight excluding hydrogens is 363 g/mol. The molecule has 28 heavy (non-hydrogen) atoms. The van der Waals surface area contributed by atoms with Crippen LogP contribution >= 0.6 is 0 Å². The van der Waals surface area contributed by atoms with Gasteiger partial charge < -0.3 is 4.57 Å². The number of aromatic nitrogens is 1. The first kappa shape index (κ1) is 19.0. The minimum Gasteiger partial charge on any atom is -0.318 e. The number of nitrogens with one attached hydrogen (secondary N) is 1. The lowest BCUT2D eigenvalue weighted by Crippen LogP contribution is -2.18. The summed E-state index contributed by atoms with van der Waals surface area (Å²) in [5, 5.41) is 14.9. The van der Waals surface area contributed by atoms with Crippen molar-refractivity contribution >= 4 is 17.8 Å². The summed E-state index contributed by atoms with van der Waals surface area (Å²) in [6.45, 7) is 3.70. The first-order valence-corrected chi connectivity index (χ1v) is 8.40. The number of non-ortho nitro benzene ring substituents is 1. The number of halogens is 1. The fraction of sp³-hybridized carbons (Fsp3) is 0.100. The number of nitro groups is 1. The molecule has 1 N–H and O–H groups in total. The number of hydrogen-bond donors (Lipinski definition) is 1. The molecule has 0 spiro atoms. The third-order valence-corrected chi connectivity index (χ3v) is 4.26.